The highest BCUT2D eigenvalue weighted by atomic mass is 19.1. The van der Waals surface area contributed by atoms with Crippen molar-refractivity contribution in [2.45, 2.75) is 6.10 Å². The Bertz CT molecular complexity index is 884. The van der Waals surface area contributed by atoms with Gasteiger partial charge in [0.15, 0.2) is 0 Å². The molecule has 0 radical (unpaired) electrons. The van der Waals surface area contributed by atoms with Gasteiger partial charge < -0.3 is 5.11 Å². The molecular weight excluding hydrogens is 311 g/mol. The fourth-order valence-electron chi connectivity index (χ4n) is 2.51. The molecule has 0 aliphatic carbocycles. The van der Waals surface area contributed by atoms with Gasteiger partial charge >= 0.3 is 0 Å². The molecule has 0 bridgehead atoms. The predicted octanol–water partition coefficient (Wildman–Crippen LogP) is 3.88. The molecular formula is C18H13FN2O3. The lowest BCUT2D eigenvalue weighted by Gasteiger charge is -2.16. The third-order valence-corrected chi connectivity index (χ3v) is 3.68. The van der Waals surface area contributed by atoms with E-state index in [4.69, 9.17) is 0 Å². The van der Waals surface area contributed by atoms with Gasteiger partial charge in [0.1, 0.15) is 11.9 Å². The largest absolute Gasteiger partial charge is 0.384 e. The first-order valence-corrected chi connectivity index (χ1v) is 7.20. The van der Waals surface area contributed by atoms with Crippen LogP contribution in [0.4, 0.5) is 10.1 Å². The molecule has 0 fully saturated rings. The van der Waals surface area contributed by atoms with Crippen molar-refractivity contribution >= 4 is 5.69 Å². The number of non-ortho nitro benzene ring substituents is 1. The summed E-state index contributed by atoms with van der Waals surface area (Å²) < 4.78 is 14.1. The van der Waals surface area contributed by atoms with Gasteiger partial charge in [0.2, 0.25) is 0 Å². The molecule has 0 aliphatic rings. The van der Waals surface area contributed by atoms with Crippen LogP contribution in [0.1, 0.15) is 17.2 Å². The van der Waals surface area contributed by atoms with E-state index < -0.39 is 16.8 Å². The molecule has 0 amide bonds. The summed E-state index contributed by atoms with van der Waals surface area (Å²) in [7, 11) is 0. The number of hydrogen-bond acceptors (Lipinski definition) is 4. The smallest absolute Gasteiger partial charge is 0.270 e. The number of aliphatic hydroxyl groups is 1. The number of aliphatic hydroxyl groups excluding tert-OH is 1. The molecule has 1 N–H and O–H groups in total. The van der Waals surface area contributed by atoms with Crippen LogP contribution in [-0.4, -0.2) is 15.0 Å². The average Bonchev–Trinajstić information content (AvgIpc) is 2.62. The molecule has 3 aromatic rings. The minimum atomic E-state index is -1.34. The van der Waals surface area contributed by atoms with Crippen LogP contribution in [0, 0.1) is 15.9 Å². The Kier molecular flexibility index (Phi) is 4.31. The Morgan fingerprint density at radius 2 is 1.79 bits per heavy atom. The number of halogens is 1. The zero-order chi connectivity index (χ0) is 17.1. The highest BCUT2D eigenvalue weighted by molar-refractivity contribution is 5.65. The third-order valence-electron chi connectivity index (χ3n) is 3.68. The molecule has 2 aromatic carbocycles. The van der Waals surface area contributed by atoms with Crippen molar-refractivity contribution in [1.29, 1.82) is 0 Å². The van der Waals surface area contributed by atoms with Crippen LogP contribution in [0.5, 0.6) is 0 Å². The number of nitro groups is 1. The van der Waals surface area contributed by atoms with Crippen LogP contribution >= 0.6 is 0 Å². The Balaban J connectivity index is 2.11. The van der Waals surface area contributed by atoms with Gasteiger partial charge in [-0.15, -0.1) is 0 Å². The van der Waals surface area contributed by atoms with E-state index in [-0.39, 0.29) is 11.3 Å². The molecule has 6 heteroatoms. The molecule has 1 atom stereocenters. The number of rotatable bonds is 4. The van der Waals surface area contributed by atoms with Crippen LogP contribution < -0.4 is 0 Å². The number of nitro benzene ring substituents is 1. The summed E-state index contributed by atoms with van der Waals surface area (Å²) in [6.45, 7) is 0. The highest BCUT2D eigenvalue weighted by Gasteiger charge is 2.21. The summed E-state index contributed by atoms with van der Waals surface area (Å²) in [5.74, 6) is -0.705. The van der Waals surface area contributed by atoms with Crippen LogP contribution in [0.2, 0.25) is 0 Å². The van der Waals surface area contributed by atoms with Crippen LogP contribution in [0.3, 0.4) is 0 Å². The Morgan fingerprint density at radius 1 is 1.04 bits per heavy atom. The summed E-state index contributed by atoms with van der Waals surface area (Å²) in [6, 6.07) is 15.3. The summed E-state index contributed by atoms with van der Waals surface area (Å²) in [4.78, 5) is 14.5. The topological polar surface area (TPSA) is 76.3 Å². The Hall–Kier alpha value is -3.12. The molecule has 0 saturated heterocycles. The lowest BCUT2D eigenvalue weighted by Crippen LogP contribution is -2.05. The van der Waals surface area contributed by atoms with Gasteiger partial charge in [-0.2, -0.15) is 0 Å². The second kappa shape index (κ2) is 6.55. The van der Waals surface area contributed by atoms with E-state index in [1.165, 1.54) is 0 Å². The van der Waals surface area contributed by atoms with Gasteiger partial charge in [0.05, 0.1) is 10.6 Å². The summed E-state index contributed by atoms with van der Waals surface area (Å²) in [6.07, 6.45) is 0.273. The van der Waals surface area contributed by atoms with Crippen molar-refractivity contribution < 1.29 is 14.4 Å². The first-order valence-electron chi connectivity index (χ1n) is 7.20. The first-order chi connectivity index (χ1) is 11.6. The normalized spacial score (nSPS) is 11.9. The maximum atomic E-state index is 14.1. The lowest BCUT2D eigenvalue weighted by atomic mass is 9.94. The third kappa shape index (κ3) is 3.00. The van der Waals surface area contributed by atoms with Gasteiger partial charge in [-0.3, -0.25) is 15.1 Å². The van der Waals surface area contributed by atoms with E-state index in [2.05, 4.69) is 4.98 Å². The fraction of sp³-hybridized carbons (Fsp3) is 0.0556. The SMILES string of the molecule is O=[N+]([O-])c1ccc(F)c(C(O)c2ccccc2-c2ccccn2)c1. The molecule has 0 aliphatic heterocycles. The monoisotopic (exact) mass is 324 g/mol. The minimum Gasteiger partial charge on any atom is -0.384 e. The number of nitrogens with zero attached hydrogens (tertiary/aromatic N) is 2. The lowest BCUT2D eigenvalue weighted by molar-refractivity contribution is -0.385. The molecule has 0 spiro atoms. The second-order valence-electron chi connectivity index (χ2n) is 5.17. The molecule has 1 aromatic heterocycles. The standard InChI is InChI=1S/C18H13FN2O3/c19-16-9-8-12(21(23)24)11-15(16)18(22)14-6-2-1-5-13(14)17-7-3-4-10-20-17/h1-11,18,22H. The van der Waals surface area contributed by atoms with Gasteiger partial charge in [-0.1, -0.05) is 30.3 Å². The van der Waals surface area contributed by atoms with Gasteiger partial charge in [0.25, 0.3) is 5.69 Å². The number of aromatic nitrogens is 1. The zero-order valence-electron chi connectivity index (χ0n) is 12.5. The minimum absolute atomic E-state index is 0.146. The fourth-order valence-corrected chi connectivity index (χ4v) is 2.51. The first kappa shape index (κ1) is 15.8. The van der Waals surface area contributed by atoms with Crippen LogP contribution in [0.15, 0.2) is 66.9 Å². The van der Waals surface area contributed by atoms with Gasteiger partial charge in [-0.25, -0.2) is 4.39 Å². The quantitative estimate of drug-likeness (QED) is 0.584. The van der Waals surface area contributed by atoms with E-state index >= 15 is 0 Å². The Morgan fingerprint density at radius 3 is 2.50 bits per heavy atom. The number of benzene rings is 2. The van der Waals surface area contributed by atoms with Crippen LogP contribution in [0.25, 0.3) is 11.3 Å². The van der Waals surface area contributed by atoms with E-state index in [0.29, 0.717) is 16.8 Å². The van der Waals surface area contributed by atoms with E-state index in [9.17, 15) is 19.6 Å². The summed E-state index contributed by atoms with van der Waals surface area (Å²) in [5, 5.41) is 21.5. The Labute approximate surface area is 137 Å². The zero-order valence-corrected chi connectivity index (χ0v) is 12.5. The highest BCUT2D eigenvalue weighted by Crippen LogP contribution is 2.33. The molecule has 5 nitrogen and oxygen atoms in total. The molecule has 0 saturated carbocycles. The van der Waals surface area contributed by atoms with Crippen molar-refractivity contribution in [2.24, 2.45) is 0 Å². The van der Waals surface area contributed by atoms with Crippen molar-refractivity contribution in [3.05, 3.63) is 93.9 Å². The predicted molar refractivity (Wildman–Crippen MR) is 86.8 cm³/mol. The number of hydrogen-bond donors (Lipinski definition) is 1. The molecule has 120 valence electrons. The van der Waals surface area contributed by atoms with E-state index in [1.54, 1.807) is 48.7 Å². The number of pyridine rings is 1. The van der Waals surface area contributed by atoms with E-state index in [0.717, 1.165) is 18.2 Å². The maximum absolute atomic E-state index is 14.1. The van der Waals surface area contributed by atoms with Gasteiger partial charge in [-0.05, 0) is 23.8 Å². The molecule has 24 heavy (non-hydrogen) atoms. The average molecular weight is 324 g/mol. The van der Waals surface area contributed by atoms with Crippen molar-refractivity contribution in [3.8, 4) is 11.3 Å². The van der Waals surface area contributed by atoms with Crippen LogP contribution in [-0.2, 0) is 0 Å². The van der Waals surface area contributed by atoms with E-state index in [1.807, 2.05) is 0 Å². The maximum Gasteiger partial charge on any atom is 0.270 e. The molecule has 1 unspecified atom stereocenters. The second-order valence-corrected chi connectivity index (χ2v) is 5.17. The summed E-state index contributed by atoms with van der Waals surface area (Å²) in [5.41, 5.74) is 1.26. The van der Waals surface area contributed by atoms with Crippen molar-refractivity contribution in [3.63, 3.8) is 0 Å². The molecule has 1 heterocycles. The molecule has 3 rings (SSSR count). The summed E-state index contributed by atoms with van der Waals surface area (Å²) >= 11 is 0. The van der Waals surface area contributed by atoms with Crippen molar-refractivity contribution in [2.75, 3.05) is 0 Å². The van der Waals surface area contributed by atoms with Gasteiger partial charge in [0, 0.05) is 29.5 Å². The van der Waals surface area contributed by atoms with Crippen molar-refractivity contribution in [1.82, 2.24) is 4.98 Å².